The predicted molar refractivity (Wildman–Crippen MR) is 203 cm³/mol. The quantitative estimate of drug-likeness (QED) is 0.193. The minimum atomic E-state index is -1.47. The van der Waals surface area contributed by atoms with Gasteiger partial charge in [0, 0.05) is 38.0 Å². The molecular weight excluding hydrogens is 748 g/mol. The zero-order chi connectivity index (χ0) is 39.6. The molecule has 1 aromatic heterocycles. The summed E-state index contributed by atoms with van der Waals surface area (Å²) in [6, 6.07) is 2.99. The molecule has 3 heterocycles. The van der Waals surface area contributed by atoms with Gasteiger partial charge in [-0.1, -0.05) is 36.6 Å². The number of methoxy groups -OCH3 is 2. The van der Waals surface area contributed by atoms with Gasteiger partial charge in [0.25, 0.3) is 0 Å². The lowest BCUT2D eigenvalue weighted by Gasteiger charge is -2.29. The SMILES string of the molecule is CCOc1cc(O[C@@H]2C[C@H]3C(=O)N[C@]4(C(=O)O)C[C@H]4/C=C\CCCCC[C@H](NC(=O)OC4C[C@@H]5C[C@@H]5C4)C(=O)N3C2)c2ccc(OCC(OC)OC)c(Cl)c2n1. The summed E-state index contributed by atoms with van der Waals surface area (Å²) in [5.41, 5.74) is -1.13. The van der Waals surface area contributed by atoms with E-state index in [2.05, 4.69) is 15.6 Å². The summed E-state index contributed by atoms with van der Waals surface area (Å²) in [5.74, 6) is -0.421. The molecular formula is C40H51ClN4O11. The van der Waals surface area contributed by atoms with E-state index < -0.39 is 53.9 Å². The number of pyridine rings is 1. The fraction of sp³-hybridized carbons (Fsp3) is 0.625. The first kappa shape index (κ1) is 39.9. The van der Waals surface area contributed by atoms with Crippen LogP contribution in [0.4, 0.5) is 4.79 Å². The second-order valence-electron chi connectivity index (χ2n) is 15.5. The van der Waals surface area contributed by atoms with Crippen molar-refractivity contribution in [1.29, 1.82) is 0 Å². The molecule has 3 amide bonds. The van der Waals surface area contributed by atoms with Crippen molar-refractivity contribution in [1.82, 2.24) is 20.5 Å². The molecule has 7 rings (SSSR count). The third-order valence-electron chi connectivity index (χ3n) is 11.7. The smallest absolute Gasteiger partial charge is 0.408 e. The lowest BCUT2D eigenvalue weighted by molar-refractivity contribution is -0.145. The standard InChI is InChI=1S/C40H51ClN4O11/c1-4-53-32-18-31(27-12-13-30(34(41)35(27)43-32)54-21-33(51-2)52-3)55-26-17-29-36(46)44-40(38(48)49)19-24(40)10-8-6-5-7-9-11-28(37(47)45(29)20-26)42-39(50)56-25-15-22-14-23(22)16-25/h8,10,12-13,18,22-26,28-29,33H,4-7,9,11,14-17,19-21H2,1-3H3,(H,42,50)(H,44,46)(H,48,49)/b10-8-/t22-,23+,24-,25?,26-,28+,29+,40-/m1/s1. The molecule has 3 aliphatic carbocycles. The Morgan fingerprint density at radius 3 is 2.57 bits per heavy atom. The van der Waals surface area contributed by atoms with Gasteiger partial charge < -0.3 is 49.1 Å². The van der Waals surface area contributed by atoms with Crippen molar-refractivity contribution < 1.29 is 52.7 Å². The topological polar surface area (TPSA) is 184 Å². The Balaban J connectivity index is 1.16. The van der Waals surface area contributed by atoms with Gasteiger partial charge in [0.2, 0.25) is 17.7 Å². The van der Waals surface area contributed by atoms with Crippen molar-refractivity contribution in [3.05, 3.63) is 35.4 Å². The number of fused-ring (bicyclic) bond motifs is 4. The monoisotopic (exact) mass is 798 g/mol. The van der Waals surface area contributed by atoms with Gasteiger partial charge in [-0.05, 0) is 75.8 Å². The second-order valence-corrected chi connectivity index (χ2v) is 15.8. The molecule has 8 atom stereocenters. The highest BCUT2D eigenvalue weighted by atomic mass is 35.5. The number of amides is 3. The zero-order valence-corrected chi connectivity index (χ0v) is 32.8. The first-order valence-electron chi connectivity index (χ1n) is 19.6. The van der Waals surface area contributed by atoms with Gasteiger partial charge >= 0.3 is 12.1 Å². The number of hydrogen-bond acceptors (Lipinski definition) is 11. The van der Waals surface area contributed by atoms with Crippen LogP contribution in [0.5, 0.6) is 17.4 Å². The molecule has 3 saturated carbocycles. The fourth-order valence-electron chi connectivity index (χ4n) is 8.42. The Morgan fingerprint density at radius 1 is 1.05 bits per heavy atom. The number of alkyl carbamates (subject to hydrolysis) is 1. The first-order valence-corrected chi connectivity index (χ1v) is 20.0. The molecule has 1 unspecified atom stereocenters. The number of carboxylic acids is 1. The van der Waals surface area contributed by atoms with Crippen LogP contribution in [0.15, 0.2) is 30.4 Å². The summed E-state index contributed by atoms with van der Waals surface area (Å²) in [7, 11) is 3.00. The predicted octanol–water partition coefficient (Wildman–Crippen LogP) is 5.01. The van der Waals surface area contributed by atoms with Gasteiger partial charge in [-0.25, -0.2) is 14.6 Å². The van der Waals surface area contributed by atoms with Gasteiger partial charge in [0.05, 0.1) is 13.2 Å². The first-order chi connectivity index (χ1) is 27.0. The third kappa shape index (κ3) is 8.64. The van der Waals surface area contributed by atoms with Crippen molar-refractivity contribution in [2.45, 2.75) is 107 Å². The summed E-state index contributed by atoms with van der Waals surface area (Å²) >= 11 is 6.83. The molecule has 1 aromatic carbocycles. The number of aromatic nitrogens is 1. The van der Waals surface area contributed by atoms with Crippen molar-refractivity contribution in [3.8, 4) is 17.4 Å². The van der Waals surface area contributed by atoms with Crippen LogP contribution in [0, 0.1) is 17.8 Å². The Labute approximate surface area is 330 Å². The molecule has 0 radical (unpaired) electrons. The molecule has 5 aliphatic rings. The highest BCUT2D eigenvalue weighted by Gasteiger charge is 2.61. The van der Waals surface area contributed by atoms with E-state index in [4.69, 9.17) is 40.0 Å². The molecule has 56 heavy (non-hydrogen) atoms. The van der Waals surface area contributed by atoms with E-state index in [1.807, 2.05) is 19.1 Å². The molecule has 3 N–H and O–H groups in total. The van der Waals surface area contributed by atoms with Crippen LogP contribution in [-0.4, -0.2) is 109 Å². The molecule has 0 bridgehead atoms. The lowest BCUT2D eigenvalue weighted by atomic mass is 10.0. The number of aliphatic carboxylic acids is 1. The van der Waals surface area contributed by atoms with Gasteiger partial charge in [-0.2, -0.15) is 0 Å². The van der Waals surface area contributed by atoms with E-state index in [0.29, 0.717) is 53.7 Å². The van der Waals surface area contributed by atoms with Gasteiger partial charge in [-0.3, -0.25) is 9.59 Å². The second kappa shape index (κ2) is 17.0. The summed E-state index contributed by atoms with van der Waals surface area (Å²) in [6.07, 6.45) is 8.16. The number of rotatable bonds is 12. The number of carbonyl (C=O) groups is 4. The van der Waals surface area contributed by atoms with Crippen molar-refractivity contribution in [2.24, 2.45) is 17.8 Å². The van der Waals surface area contributed by atoms with Gasteiger partial charge in [-0.15, -0.1) is 0 Å². The summed E-state index contributed by atoms with van der Waals surface area (Å²) in [5, 5.41) is 16.6. The molecule has 15 nitrogen and oxygen atoms in total. The highest BCUT2D eigenvalue weighted by Crippen LogP contribution is 2.52. The number of ether oxygens (including phenoxy) is 6. The van der Waals surface area contributed by atoms with Crippen LogP contribution in [0.2, 0.25) is 5.02 Å². The molecule has 304 valence electrons. The van der Waals surface area contributed by atoms with E-state index in [1.54, 1.807) is 18.2 Å². The number of halogens is 1. The van der Waals surface area contributed by atoms with E-state index in [9.17, 15) is 24.3 Å². The summed E-state index contributed by atoms with van der Waals surface area (Å²) in [6.45, 7) is 2.18. The molecule has 16 heteroatoms. The fourth-order valence-corrected chi connectivity index (χ4v) is 8.68. The number of allylic oxidation sites excluding steroid dienone is 1. The minimum Gasteiger partial charge on any atom is -0.488 e. The molecule has 1 saturated heterocycles. The van der Waals surface area contributed by atoms with Crippen molar-refractivity contribution in [2.75, 3.05) is 34.0 Å². The number of benzene rings is 1. The Morgan fingerprint density at radius 2 is 1.84 bits per heavy atom. The lowest BCUT2D eigenvalue weighted by Crippen LogP contribution is -2.56. The number of nitrogens with one attached hydrogen (secondary N) is 2. The Hall–Kier alpha value is -4.34. The zero-order valence-electron chi connectivity index (χ0n) is 32.0. The maximum atomic E-state index is 14.5. The van der Waals surface area contributed by atoms with Crippen LogP contribution >= 0.6 is 11.6 Å². The van der Waals surface area contributed by atoms with Gasteiger partial charge in [0.1, 0.15) is 58.5 Å². The Bertz CT molecular complexity index is 1830. The van der Waals surface area contributed by atoms with Crippen LogP contribution in [0.1, 0.15) is 71.1 Å². The number of carbonyl (C=O) groups excluding carboxylic acids is 3. The Kier molecular flexibility index (Phi) is 12.1. The summed E-state index contributed by atoms with van der Waals surface area (Å²) in [4.78, 5) is 60.5. The van der Waals surface area contributed by atoms with E-state index in [-0.39, 0.29) is 48.9 Å². The van der Waals surface area contributed by atoms with E-state index >= 15 is 0 Å². The molecule has 2 aromatic rings. The van der Waals surface area contributed by atoms with E-state index in [0.717, 1.165) is 32.1 Å². The largest absolute Gasteiger partial charge is 0.488 e. The molecule has 4 fully saturated rings. The van der Waals surface area contributed by atoms with E-state index in [1.165, 1.54) is 25.5 Å². The number of nitrogens with zero attached hydrogens (tertiary/aromatic N) is 2. The highest BCUT2D eigenvalue weighted by molar-refractivity contribution is 6.36. The number of carboxylic acid groups (broad SMARTS) is 1. The number of hydrogen-bond donors (Lipinski definition) is 3. The molecule has 0 spiro atoms. The average Bonchev–Trinajstić information content (AvgIpc) is 3.97. The van der Waals surface area contributed by atoms with Crippen LogP contribution in [0.25, 0.3) is 10.9 Å². The maximum Gasteiger partial charge on any atom is 0.408 e. The van der Waals surface area contributed by atoms with Crippen LogP contribution in [0.3, 0.4) is 0 Å². The maximum absolute atomic E-state index is 14.5. The van der Waals surface area contributed by atoms with Crippen molar-refractivity contribution >= 4 is 46.4 Å². The van der Waals surface area contributed by atoms with Gasteiger partial charge in [0.15, 0.2) is 6.29 Å². The average molecular weight is 799 g/mol. The minimum absolute atomic E-state index is 0.0162. The summed E-state index contributed by atoms with van der Waals surface area (Å²) < 4.78 is 34.5. The van der Waals surface area contributed by atoms with Crippen LogP contribution in [-0.2, 0) is 28.6 Å². The normalized spacial score (nSPS) is 30.6. The molecule has 2 aliphatic heterocycles. The van der Waals surface area contributed by atoms with Crippen molar-refractivity contribution in [3.63, 3.8) is 0 Å². The third-order valence-corrected chi connectivity index (χ3v) is 12.1. The van der Waals surface area contributed by atoms with Crippen LogP contribution < -0.4 is 24.8 Å².